The number of rotatable bonds is 6. The third-order valence-electron chi connectivity index (χ3n) is 3.61. The molecule has 0 radical (unpaired) electrons. The lowest BCUT2D eigenvalue weighted by molar-refractivity contribution is -0.384. The van der Waals surface area contributed by atoms with Gasteiger partial charge in [-0.15, -0.1) is 0 Å². The monoisotopic (exact) mass is 339 g/mol. The van der Waals surface area contributed by atoms with Gasteiger partial charge < -0.3 is 9.73 Å². The molecule has 0 saturated heterocycles. The van der Waals surface area contributed by atoms with Gasteiger partial charge in [-0.25, -0.2) is 0 Å². The van der Waals surface area contributed by atoms with E-state index in [0.29, 0.717) is 17.1 Å². The summed E-state index contributed by atoms with van der Waals surface area (Å²) >= 11 is 0. The molecule has 2 aromatic rings. The van der Waals surface area contributed by atoms with Crippen molar-refractivity contribution in [3.63, 3.8) is 0 Å². The Morgan fingerprint density at radius 2 is 2.20 bits per heavy atom. The minimum Gasteiger partial charge on any atom is -0.457 e. The second kappa shape index (κ2) is 7.93. The van der Waals surface area contributed by atoms with Gasteiger partial charge in [-0.1, -0.05) is 19.1 Å². The molecule has 1 N–H and O–H groups in total. The summed E-state index contributed by atoms with van der Waals surface area (Å²) in [6, 6.07) is 11.1. The van der Waals surface area contributed by atoms with Crippen LogP contribution >= 0.6 is 0 Å². The summed E-state index contributed by atoms with van der Waals surface area (Å²) in [5.74, 6) is 0.261. The summed E-state index contributed by atoms with van der Waals surface area (Å²) in [6.45, 7) is 3.78. The molecule has 1 amide bonds. The summed E-state index contributed by atoms with van der Waals surface area (Å²) in [5.41, 5.74) is 0.424. The molecule has 0 fully saturated rings. The first-order chi connectivity index (χ1) is 11.9. The van der Waals surface area contributed by atoms with Crippen molar-refractivity contribution in [2.45, 2.75) is 26.3 Å². The van der Waals surface area contributed by atoms with Crippen LogP contribution in [0.2, 0.25) is 0 Å². The molecule has 0 aliphatic heterocycles. The average Bonchev–Trinajstić information content (AvgIpc) is 3.08. The van der Waals surface area contributed by atoms with Crippen molar-refractivity contribution in [2.75, 3.05) is 0 Å². The quantitative estimate of drug-likeness (QED) is 0.374. The topological polar surface area (TPSA) is 109 Å². The second-order valence-corrected chi connectivity index (χ2v) is 5.46. The molecule has 7 nitrogen and oxygen atoms in total. The van der Waals surface area contributed by atoms with Gasteiger partial charge in [0.25, 0.3) is 11.6 Å². The van der Waals surface area contributed by atoms with E-state index in [2.05, 4.69) is 5.32 Å². The lowest BCUT2D eigenvalue weighted by Gasteiger charge is -2.09. The number of nitriles is 1. The van der Waals surface area contributed by atoms with Gasteiger partial charge in [-0.3, -0.25) is 14.9 Å². The van der Waals surface area contributed by atoms with E-state index < -0.39 is 10.8 Å². The van der Waals surface area contributed by atoms with Gasteiger partial charge in [0.1, 0.15) is 23.2 Å². The fourth-order valence-electron chi connectivity index (χ4n) is 2.05. The van der Waals surface area contributed by atoms with E-state index in [4.69, 9.17) is 9.68 Å². The Balaban J connectivity index is 2.25. The third-order valence-corrected chi connectivity index (χ3v) is 3.61. The van der Waals surface area contributed by atoms with Gasteiger partial charge in [-0.2, -0.15) is 5.26 Å². The van der Waals surface area contributed by atoms with E-state index in [1.165, 1.54) is 18.2 Å². The van der Waals surface area contributed by atoms with E-state index in [-0.39, 0.29) is 17.3 Å². The SMILES string of the molecule is CC[C@@H](C)NC(=O)/C(C#N)=C/c1ccc(-c2cccc([N+](=O)[O-])c2)o1. The third kappa shape index (κ3) is 4.54. The van der Waals surface area contributed by atoms with Crippen LogP contribution in [0.1, 0.15) is 26.0 Å². The molecule has 25 heavy (non-hydrogen) atoms. The normalized spacial score (nSPS) is 12.3. The Hall–Kier alpha value is -3.40. The van der Waals surface area contributed by atoms with Gasteiger partial charge in [0, 0.05) is 29.8 Å². The molecule has 0 spiro atoms. The fourth-order valence-corrected chi connectivity index (χ4v) is 2.05. The minimum absolute atomic E-state index is 0.0405. The van der Waals surface area contributed by atoms with Crippen molar-refractivity contribution < 1.29 is 14.1 Å². The number of nitro benzene ring substituents is 1. The standard InChI is InChI=1S/C18H17N3O4/c1-3-12(2)20-18(22)14(11-19)10-16-7-8-17(25-16)13-5-4-6-15(9-13)21(23)24/h4-10,12H,3H2,1-2H3,(H,20,22)/b14-10+/t12-/m1/s1. The molecule has 0 unspecified atom stereocenters. The second-order valence-electron chi connectivity index (χ2n) is 5.46. The number of nitrogens with one attached hydrogen (secondary N) is 1. The highest BCUT2D eigenvalue weighted by atomic mass is 16.6. The number of nitro groups is 1. The number of hydrogen-bond acceptors (Lipinski definition) is 5. The maximum atomic E-state index is 12.0. The summed E-state index contributed by atoms with van der Waals surface area (Å²) in [4.78, 5) is 22.4. The van der Waals surface area contributed by atoms with E-state index in [0.717, 1.165) is 6.42 Å². The molecular weight excluding hydrogens is 322 g/mol. The molecule has 1 heterocycles. The van der Waals surface area contributed by atoms with Crippen LogP contribution < -0.4 is 5.32 Å². The fraction of sp³-hybridized carbons (Fsp3) is 0.222. The zero-order chi connectivity index (χ0) is 18.4. The lowest BCUT2D eigenvalue weighted by Crippen LogP contribution is -2.32. The molecule has 0 saturated carbocycles. The molecule has 0 aliphatic rings. The zero-order valence-corrected chi connectivity index (χ0v) is 13.9. The maximum Gasteiger partial charge on any atom is 0.270 e. The molecule has 7 heteroatoms. The molecule has 0 aliphatic carbocycles. The Kier molecular flexibility index (Phi) is 5.69. The minimum atomic E-state index is -0.486. The molecule has 1 aromatic heterocycles. The molecule has 128 valence electrons. The number of carbonyl (C=O) groups is 1. The lowest BCUT2D eigenvalue weighted by atomic mass is 10.1. The van der Waals surface area contributed by atoms with Crippen LogP contribution in [0, 0.1) is 21.4 Å². The smallest absolute Gasteiger partial charge is 0.270 e. The first kappa shape index (κ1) is 17.9. The molecule has 0 bridgehead atoms. The van der Waals surface area contributed by atoms with Crippen molar-refractivity contribution in [2.24, 2.45) is 0 Å². The first-order valence-corrected chi connectivity index (χ1v) is 7.72. The maximum absolute atomic E-state index is 12.0. The predicted octanol–water partition coefficient (Wildman–Crippen LogP) is 3.68. The zero-order valence-electron chi connectivity index (χ0n) is 13.9. The van der Waals surface area contributed by atoms with E-state index in [1.54, 1.807) is 24.3 Å². The van der Waals surface area contributed by atoms with E-state index in [1.807, 2.05) is 19.9 Å². The van der Waals surface area contributed by atoms with Crippen molar-refractivity contribution in [1.29, 1.82) is 5.26 Å². The largest absolute Gasteiger partial charge is 0.457 e. The van der Waals surface area contributed by atoms with Gasteiger partial charge in [0.15, 0.2) is 0 Å². The highest BCUT2D eigenvalue weighted by molar-refractivity contribution is 6.01. The molecular formula is C18H17N3O4. The van der Waals surface area contributed by atoms with Crippen LogP contribution in [-0.4, -0.2) is 16.9 Å². The Morgan fingerprint density at radius 3 is 2.84 bits per heavy atom. The highest BCUT2D eigenvalue weighted by Crippen LogP contribution is 2.26. The van der Waals surface area contributed by atoms with E-state index >= 15 is 0 Å². The van der Waals surface area contributed by atoms with Gasteiger partial charge >= 0.3 is 0 Å². The summed E-state index contributed by atoms with van der Waals surface area (Å²) < 4.78 is 5.59. The van der Waals surface area contributed by atoms with Crippen molar-refractivity contribution in [3.05, 3.63) is 57.8 Å². The van der Waals surface area contributed by atoms with Crippen molar-refractivity contribution in [3.8, 4) is 17.4 Å². The van der Waals surface area contributed by atoms with Crippen LogP contribution in [0.25, 0.3) is 17.4 Å². The van der Waals surface area contributed by atoms with Crippen molar-refractivity contribution >= 4 is 17.7 Å². The van der Waals surface area contributed by atoms with Gasteiger partial charge in [0.05, 0.1) is 4.92 Å². The van der Waals surface area contributed by atoms with Gasteiger partial charge in [-0.05, 0) is 25.5 Å². The molecule has 2 rings (SSSR count). The van der Waals surface area contributed by atoms with Gasteiger partial charge in [0.2, 0.25) is 0 Å². The van der Waals surface area contributed by atoms with Crippen LogP contribution in [0.4, 0.5) is 5.69 Å². The molecule has 1 atom stereocenters. The first-order valence-electron chi connectivity index (χ1n) is 7.72. The number of non-ortho nitro benzene ring substituents is 1. The Labute approximate surface area is 144 Å². The average molecular weight is 339 g/mol. The number of amides is 1. The number of nitrogens with zero attached hydrogens (tertiary/aromatic N) is 2. The molecule has 1 aromatic carbocycles. The van der Waals surface area contributed by atoms with Crippen LogP contribution in [0.5, 0.6) is 0 Å². The van der Waals surface area contributed by atoms with Crippen LogP contribution in [-0.2, 0) is 4.79 Å². The van der Waals surface area contributed by atoms with E-state index in [9.17, 15) is 14.9 Å². The Bertz CT molecular complexity index is 861. The Morgan fingerprint density at radius 1 is 1.44 bits per heavy atom. The summed E-state index contributed by atoms with van der Waals surface area (Å²) in [6.07, 6.45) is 2.10. The predicted molar refractivity (Wildman–Crippen MR) is 92.3 cm³/mol. The number of hydrogen-bond donors (Lipinski definition) is 1. The van der Waals surface area contributed by atoms with Crippen LogP contribution in [0.15, 0.2) is 46.4 Å². The van der Waals surface area contributed by atoms with Crippen molar-refractivity contribution in [1.82, 2.24) is 5.32 Å². The number of benzene rings is 1. The van der Waals surface area contributed by atoms with Crippen LogP contribution in [0.3, 0.4) is 0 Å². The summed E-state index contributed by atoms with van der Waals surface area (Å²) in [5, 5.41) is 22.7. The summed E-state index contributed by atoms with van der Waals surface area (Å²) in [7, 11) is 0. The highest BCUT2D eigenvalue weighted by Gasteiger charge is 2.14. The number of furan rings is 1. The number of carbonyl (C=O) groups excluding carboxylic acids is 1.